The lowest BCUT2D eigenvalue weighted by Crippen LogP contribution is -2.50. The van der Waals surface area contributed by atoms with Crippen LogP contribution in [-0.4, -0.2) is 97.1 Å². The average Bonchev–Trinajstić information content (AvgIpc) is 3.14. The molecule has 3 rings (SSSR count). The monoisotopic (exact) mass is 374 g/mol. The van der Waals surface area contributed by atoms with Gasteiger partial charge in [0.2, 0.25) is 11.8 Å². The Labute approximate surface area is 161 Å². The number of hydrogen-bond donors (Lipinski definition) is 1. The topological polar surface area (TPSA) is 73.3 Å². The molecule has 1 aromatic heterocycles. The minimum atomic E-state index is 0.137. The fourth-order valence-electron chi connectivity index (χ4n) is 3.55. The number of nitrogens with one attached hydrogen (secondary N) is 1. The summed E-state index contributed by atoms with van der Waals surface area (Å²) in [6.07, 6.45) is 2.85. The molecule has 148 valence electrons. The number of guanidine groups is 1. The van der Waals surface area contributed by atoms with E-state index in [1.54, 1.807) is 13.1 Å². The van der Waals surface area contributed by atoms with Gasteiger partial charge in [-0.3, -0.25) is 14.7 Å². The molecule has 0 aliphatic carbocycles. The fraction of sp³-hybridized carbons (Fsp3) is 0.632. The van der Waals surface area contributed by atoms with Gasteiger partial charge >= 0.3 is 0 Å². The Morgan fingerprint density at radius 2 is 2.07 bits per heavy atom. The molecule has 0 radical (unpaired) electrons. The maximum atomic E-state index is 11.4. The third-order valence-corrected chi connectivity index (χ3v) is 5.11. The van der Waals surface area contributed by atoms with E-state index in [-0.39, 0.29) is 12.0 Å². The molecule has 2 aliphatic rings. The van der Waals surface area contributed by atoms with Crippen LogP contribution in [0, 0.1) is 0 Å². The Kier molecular flexibility index (Phi) is 6.86. The van der Waals surface area contributed by atoms with Gasteiger partial charge < -0.3 is 19.9 Å². The number of carbonyl (C=O) groups excluding carboxylic acids is 1. The summed E-state index contributed by atoms with van der Waals surface area (Å²) in [6.45, 7) is 8.68. The van der Waals surface area contributed by atoms with Gasteiger partial charge in [-0.05, 0) is 6.07 Å². The van der Waals surface area contributed by atoms with E-state index in [9.17, 15) is 4.79 Å². The van der Waals surface area contributed by atoms with Gasteiger partial charge in [-0.2, -0.15) is 0 Å². The third-order valence-electron chi connectivity index (χ3n) is 5.11. The highest BCUT2D eigenvalue weighted by molar-refractivity contribution is 5.80. The Balaban J connectivity index is 1.38. The van der Waals surface area contributed by atoms with Gasteiger partial charge in [0.1, 0.15) is 6.10 Å². The van der Waals surface area contributed by atoms with Crippen LogP contribution in [0.15, 0.2) is 29.4 Å². The predicted octanol–water partition coefficient (Wildman–Crippen LogP) is 0.274. The number of aromatic nitrogens is 1. The van der Waals surface area contributed by atoms with Crippen molar-refractivity contribution in [1.29, 1.82) is 0 Å². The molecule has 1 atom stereocenters. The number of ether oxygens (including phenoxy) is 1. The summed E-state index contributed by atoms with van der Waals surface area (Å²) in [4.78, 5) is 26.6. The number of pyridine rings is 1. The van der Waals surface area contributed by atoms with Gasteiger partial charge in [0.05, 0.1) is 6.54 Å². The molecular formula is C19H30N6O2. The molecule has 1 unspecified atom stereocenters. The molecule has 1 aromatic rings. The Hall–Kier alpha value is -2.35. The normalized spacial score (nSPS) is 21.4. The van der Waals surface area contributed by atoms with Crippen LogP contribution < -0.4 is 10.1 Å². The van der Waals surface area contributed by atoms with Gasteiger partial charge in [0, 0.05) is 78.5 Å². The van der Waals surface area contributed by atoms with E-state index in [0.29, 0.717) is 5.88 Å². The fourth-order valence-corrected chi connectivity index (χ4v) is 3.55. The number of carbonyl (C=O) groups is 1. The number of hydrogen-bond acceptors (Lipinski definition) is 5. The zero-order chi connectivity index (χ0) is 19.1. The molecule has 1 N–H and O–H groups in total. The first-order chi connectivity index (χ1) is 13.2. The number of rotatable bonds is 5. The molecule has 8 heteroatoms. The second-order valence-corrected chi connectivity index (χ2v) is 6.96. The maximum Gasteiger partial charge on any atom is 0.219 e. The summed E-state index contributed by atoms with van der Waals surface area (Å²) in [7, 11) is 1.82. The molecular weight excluding hydrogens is 344 g/mol. The molecule has 1 amide bonds. The van der Waals surface area contributed by atoms with Crippen LogP contribution in [0.5, 0.6) is 5.88 Å². The predicted molar refractivity (Wildman–Crippen MR) is 105 cm³/mol. The van der Waals surface area contributed by atoms with Crippen molar-refractivity contribution >= 4 is 11.9 Å². The molecule has 0 spiro atoms. The molecule has 8 nitrogen and oxygen atoms in total. The molecule has 0 saturated carbocycles. The van der Waals surface area contributed by atoms with Crippen molar-refractivity contribution in [2.75, 3.05) is 59.4 Å². The SMILES string of the molecule is CN=C(NCCN1CCN(C(C)=O)CC1)N1CCC(Oc2ccccn2)C1. The average molecular weight is 374 g/mol. The summed E-state index contributed by atoms with van der Waals surface area (Å²) in [5.74, 6) is 1.77. The van der Waals surface area contributed by atoms with E-state index in [2.05, 4.69) is 25.1 Å². The summed E-state index contributed by atoms with van der Waals surface area (Å²) in [5, 5.41) is 3.46. The van der Waals surface area contributed by atoms with Crippen molar-refractivity contribution in [3.63, 3.8) is 0 Å². The van der Waals surface area contributed by atoms with E-state index in [4.69, 9.17) is 4.74 Å². The number of amides is 1. The summed E-state index contributed by atoms with van der Waals surface area (Å²) < 4.78 is 5.95. The minimum Gasteiger partial charge on any atom is -0.472 e. The highest BCUT2D eigenvalue weighted by Gasteiger charge is 2.26. The molecule has 2 fully saturated rings. The van der Waals surface area contributed by atoms with Crippen LogP contribution in [-0.2, 0) is 4.79 Å². The molecule has 0 bridgehead atoms. The molecule has 2 saturated heterocycles. The van der Waals surface area contributed by atoms with Crippen LogP contribution in [0.2, 0.25) is 0 Å². The molecule has 27 heavy (non-hydrogen) atoms. The zero-order valence-corrected chi connectivity index (χ0v) is 16.3. The van der Waals surface area contributed by atoms with Crippen LogP contribution in [0.1, 0.15) is 13.3 Å². The van der Waals surface area contributed by atoms with Gasteiger partial charge in [0.15, 0.2) is 5.96 Å². The van der Waals surface area contributed by atoms with E-state index >= 15 is 0 Å². The van der Waals surface area contributed by atoms with Gasteiger partial charge in [-0.15, -0.1) is 0 Å². The van der Waals surface area contributed by atoms with E-state index < -0.39 is 0 Å². The van der Waals surface area contributed by atoms with Crippen LogP contribution in [0.4, 0.5) is 0 Å². The summed E-state index contributed by atoms with van der Waals surface area (Å²) >= 11 is 0. The lowest BCUT2D eigenvalue weighted by atomic mass is 10.3. The standard InChI is InChI=1S/C19H30N6O2/c1-16(26)24-13-11-23(12-14-24)10-8-22-19(20-2)25-9-6-17(15-25)27-18-5-3-4-7-21-18/h3-5,7,17H,6,8-15H2,1-2H3,(H,20,22). The molecule has 2 aliphatic heterocycles. The number of nitrogens with zero attached hydrogens (tertiary/aromatic N) is 5. The largest absolute Gasteiger partial charge is 0.472 e. The van der Waals surface area contributed by atoms with Crippen molar-refractivity contribution in [3.05, 3.63) is 24.4 Å². The second-order valence-electron chi connectivity index (χ2n) is 6.96. The molecule has 3 heterocycles. The highest BCUT2D eigenvalue weighted by Crippen LogP contribution is 2.16. The third kappa shape index (κ3) is 5.56. The number of aliphatic imine (C=N–C) groups is 1. The van der Waals surface area contributed by atoms with Crippen molar-refractivity contribution < 1.29 is 9.53 Å². The first kappa shape index (κ1) is 19.4. The van der Waals surface area contributed by atoms with E-state index in [0.717, 1.165) is 64.7 Å². The smallest absolute Gasteiger partial charge is 0.219 e. The van der Waals surface area contributed by atoms with E-state index in [1.165, 1.54) is 0 Å². The Morgan fingerprint density at radius 3 is 2.74 bits per heavy atom. The highest BCUT2D eigenvalue weighted by atomic mass is 16.5. The minimum absolute atomic E-state index is 0.137. The Morgan fingerprint density at radius 1 is 1.26 bits per heavy atom. The summed E-state index contributed by atoms with van der Waals surface area (Å²) in [5.41, 5.74) is 0. The first-order valence-electron chi connectivity index (χ1n) is 9.67. The van der Waals surface area contributed by atoms with Gasteiger partial charge in [-0.25, -0.2) is 4.98 Å². The number of likely N-dealkylation sites (tertiary alicyclic amines) is 1. The lowest BCUT2D eigenvalue weighted by Gasteiger charge is -2.34. The maximum absolute atomic E-state index is 11.4. The lowest BCUT2D eigenvalue weighted by molar-refractivity contribution is -0.130. The van der Waals surface area contributed by atoms with Crippen LogP contribution in [0.25, 0.3) is 0 Å². The number of piperazine rings is 1. The summed E-state index contributed by atoms with van der Waals surface area (Å²) in [6, 6.07) is 5.72. The van der Waals surface area contributed by atoms with Crippen molar-refractivity contribution in [1.82, 2.24) is 25.0 Å². The van der Waals surface area contributed by atoms with Gasteiger partial charge in [-0.1, -0.05) is 6.07 Å². The zero-order valence-electron chi connectivity index (χ0n) is 16.3. The van der Waals surface area contributed by atoms with Crippen LogP contribution in [0.3, 0.4) is 0 Å². The quantitative estimate of drug-likeness (QED) is 0.589. The Bertz CT molecular complexity index is 630. The van der Waals surface area contributed by atoms with Crippen molar-refractivity contribution in [2.24, 2.45) is 4.99 Å². The first-order valence-corrected chi connectivity index (χ1v) is 9.67. The van der Waals surface area contributed by atoms with E-state index in [1.807, 2.05) is 30.1 Å². The van der Waals surface area contributed by atoms with Gasteiger partial charge in [0.25, 0.3) is 0 Å². The van der Waals surface area contributed by atoms with Crippen LogP contribution >= 0.6 is 0 Å². The van der Waals surface area contributed by atoms with Crippen molar-refractivity contribution in [3.8, 4) is 5.88 Å². The second kappa shape index (κ2) is 9.55. The molecule has 0 aromatic carbocycles. The van der Waals surface area contributed by atoms with Crippen molar-refractivity contribution in [2.45, 2.75) is 19.4 Å².